The number of hydrogen-bond acceptors (Lipinski definition) is 4. The third-order valence-corrected chi connectivity index (χ3v) is 6.31. The van der Waals surface area contributed by atoms with Crippen LogP contribution >= 0.6 is 11.6 Å². The maximum Gasteiger partial charge on any atom is 0.416 e. The highest BCUT2D eigenvalue weighted by Crippen LogP contribution is 2.30. The van der Waals surface area contributed by atoms with Crippen LogP contribution in [0.25, 0.3) is 0 Å². The molecule has 5 nitrogen and oxygen atoms in total. The molecule has 0 radical (unpaired) electrons. The van der Waals surface area contributed by atoms with Gasteiger partial charge in [0.15, 0.2) is 0 Å². The Labute approximate surface area is 213 Å². The minimum Gasteiger partial charge on any atom is -0.496 e. The van der Waals surface area contributed by atoms with Gasteiger partial charge in [-0.15, -0.1) is 0 Å². The van der Waals surface area contributed by atoms with Gasteiger partial charge in [-0.2, -0.15) is 13.2 Å². The highest BCUT2D eigenvalue weighted by molar-refractivity contribution is 6.30. The fourth-order valence-corrected chi connectivity index (χ4v) is 4.24. The zero-order valence-corrected chi connectivity index (χ0v) is 20.5. The average molecular weight is 519 g/mol. The lowest BCUT2D eigenvalue weighted by molar-refractivity contribution is -0.137. The second kappa shape index (κ2) is 11.2. The number of carbonyl (C=O) groups is 1. The first-order valence-corrected chi connectivity index (χ1v) is 11.8. The standard InChI is InChI=1S/C27H26ClF3N2O3/c1-35-25-10-5-20(16-21(25)18-36-24-8-6-23(28)7-9-24)26(34)33-13-11-32(12-14-33)17-19-3-2-4-22(15-19)27(29,30)31/h2-10,15-16H,11-14,17-18H2,1H3. The van der Waals surface area contributed by atoms with Crippen molar-refractivity contribution in [2.75, 3.05) is 33.3 Å². The summed E-state index contributed by atoms with van der Waals surface area (Å²) in [6.07, 6.45) is -4.36. The number of carbonyl (C=O) groups excluding carboxylic acids is 1. The maximum absolute atomic E-state index is 13.2. The molecule has 1 aliphatic rings. The van der Waals surface area contributed by atoms with E-state index in [1.54, 1.807) is 60.5 Å². The molecule has 0 saturated carbocycles. The molecule has 0 aliphatic carbocycles. The fourth-order valence-electron chi connectivity index (χ4n) is 4.11. The molecule has 0 spiro atoms. The van der Waals surface area contributed by atoms with Crippen LogP contribution in [0.4, 0.5) is 13.2 Å². The molecule has 0 atom stereocenters. The number of halogens is 4. The summed E-state index contributed by atoms with van der Waals surface area (Å²) < 4.78 is 50.2. The van der Waals surface area contributed by atoms with Crippen molar-refractivity contribution >= 4 is 17.5 Å². The number of piperazine rings is 1. The van der Waals surface area contributed by atoms with Crippen molar-refractivity contribution in [2.45, 2.75) is 19.3 Å². The van der Waals surface area contributed by atoms with E-state index in [-0.39, 0.29) is 12.5 Å². The third kappa shape index (κ3) is 6.50. The lowest BCUT2D eigenvalue weighted by Crippen LogP contribution is -2.48. The lowest BCUT2D eigenvalue weighted by atomic mass is 10.1. The molecule has 4 rings (SSSR count). The van der Waals surface area contributed by atoms with Crippen LogP contribution in [0.3, 0.4) is 0 Å². The highest BCUT2D eigenvalue weighted by Gasteiger charge is 2.30. The van der Waals surface area contributed by atoms with E-state index in [0.717, 1.165) is 11.6 Å². The highest BCUT2D eigenvalue weighted by atomic mass is 35.5. The lowest BCUT2D eigenvalue weighted by Gasteiger charge is -2.35. The van der Waals surface area contributed by atoms with Crippen molar-refractivity contribution in [3.8, 4) is 11.5 Å². The quantitative estimate of drug-likeness (QED) is 0.390. The zero-order valence-electron chi connectivity index (χ0n) is 19.7. The minimum absolute atomic E-state index is 0.107. The number of methoxy groups -OCH3 is 1. The van der Waals surface area contributed by atoms with Crippen molar-refractivity contribution in [2.24, 2.45) is 0 Å². The first kappa shape index (κ1) is 25.9. The van der Waals surface area contributed by atoms with E-state index in [1.807, 2.05) is 0 Å². The van der Waals surface area contributed by atoms with Gasteiger partial charge in [0.25, 0.3) is 5.91 Å². The van der Waals surface area contributed by atoms with E-state index >= 15 is 0 Å². The monoisotopic (exact) mass is 518 g/mol. The van der Waals surface area contributed by atoms with Gasteiger partial charge in [-0.1, -0.05) is 29.8 Å². The Hall–Kier alpha value is -3.23. The van der Waals surface area contributed by atoms with Crippen LogP contribution in [0.2, 0.25) is 5.02 Å². The molecule has 3 aromatic carbocycles. The molecule has 0 unspecified atom stereocenters. The predicted octanol–water partition coefficient (Wildman–Crippen LogP) is 5.90. The van der Waals surface area contributed by atoms with Gasteiger partial charge < -0.3 is 14.4 Å². The number of nitrogens with zero attached hydrogens (tertiary/aromatic N) is 2. The first-order valence-electron chi connectivity index (χ1n) is 11.5. The van der Waals surface area contributed by atoms with Crippen LogP contribution in [0.15, 0.2) is 66.7 Å². The predicted molar refractivity (Wildman–Crippen MR) is 131 cm³/mol. The minimum atomic E-state index is -4.36. The molecule has 190 valence electrons. The number of ether oxygens (including phenoxy) is 2. The Morgan fingerprint density at radius 1 is 0.972 bits per heavy atom. The van der Waals surface area contributed by atoms with Crippen molar-refractivity contribution in [1.29, 1.82) is 0 Å². The number of benzene rings is 3. The van der Waals surface area contributed by atoms with Crippen LogP contribution in [-0.4, -0.2) is 49.0 Å². The summed E-state index contributed by atoms with van der Waals surface area (Å²) in [5.41, 5.74) is 1.22. The molecule has 1 amide bonds. The molecular formula is C27H26ClF3N2O3. The van der Waals surface area contributed by atoms with Crippen molar-refractivity contribution in [3.05, 3.63) is 94.0 Å². The largest absolute Gasteiger partial charge is 0.496 e. The topological polar surface area (TPSA) is 42.0 Å². The van der Waals surface area contributed by atoms with Crippen LogP contribution in [0, 0.1) is 0 Å². The van der Waals surface area contributed by atoms with Gasteiger partial charge in [0, 0.05) is 48.9 Å². The number of alkyl halides is 3. The summed E-state index contributed by atoms with van der Waals surface area (Å²) in [5, 5.41) is 0.613. The molecule has 9 heteroatoms. The summed E-state index contributed by atoms with van der Waals surface area (Å²) in [6.45, 7) is 2.74. The first-order chi connectivity index (χ1) is 17.2. The zero-order chi connectivity index (χ0) is 25.7. The number of amides is 1. The summed E-state index contributed by atoms with van der Waals surface area (Å²) >= 11 is 5.92. The number of rotatable bonds is 7. The second-order valence-corrected chi connectivity index (χ2v) is 8.97. The van der Waals surface area contributed by atoms with Crippen LogP contribution in [0.5, 0.6) is 11.5 Å². The molecule has 0 bridgehead atoms. The smallest absolute Gasteiger partial charge is 0.416 e. The normalized spacial score (nSPS) is 14.5. The van der Waals surface area contributed by atoms with Gasteiger partial charge in [0.2, 0.25) is 0 Å². The fraction of sp³-hybridized carbons (Fsp3) is 0.296. The number of hydrogen-bond donors (Lipinski definition) is 0. The molecule has 3 aromatic rings. The average Bonchev–Trinajstić information content (AvgIpc) is 2.88. The summed E-state index contributed by atoms with van der Waals surface area (Å²) in [6, 6.07) is 17.6. The van der Waals surface area contributed by atoms with Gasteiger partial charge in [-0.05, 0) is 54.1 Å². The molecule has 1 aliphatic heterocycles. The van der Waals surface area contributed by atoms with Gasteiger partial charge in [0.05, 0.1) is 12.7 Å². The van der Waals surface area contributed by atoms with E-state index in [1.165, 1.54) is 12.1 Å². The summed E-state index contributed by atoms with van der Waals surface area (Å²) in [5.74, 6) is 1.16. The molecule has 0 N–H and O–H groups in total. The van der Waals surface area contributed by atoms with Gasteiger partial charge in [-0.3, -0.25) is 9.69 Å². The van der Waals surface area contributed by atoms with Crippen molar-refractivity contribution in [3.63, 3.8) is 0 Å². The van der Waals surface area contributed by atoms with Gasteiger partial charge in [-0.25, -0.2) is 0 Å². The molecule has 1 saturated heterocycles. The van der Waals surface area contributed by atoms with E-state index < -0.39 is 11.7 Å². The Balaban J connectivity index is 1.36. The molecule has 1 heterocycles. The van der Waals surface area contributed by atoms with Crippen LogP contribution in [-0.2, 0) is 19.3 Å². The second-order valence-electron chi connectivity index (χ2n) is 8.54. The van der Waals surface area contributed by atoms with E-state index in [9.17, 15) is 18.0 Å². The van der Waals surface area contributed by atoms with Crippen LogP contribution in [0.1, 0.15) is 27.0 Å². The Morgan fingerprint density at radius 2 is 1.69 bits per heavy atom. The van der Waals surface area contributed by atoms with E-state index in [4.69, 9.17) is 21.1 Å². The molecule has 1 fully saturated rings. The van der Waals surface area contributed by atoms with Crippen molar-refractivity contribution < 1.29 is 27.4 Å². The molecule has 0 aromatic heterocycles. The Kier molecular flexibility index (Phi) is 8.06. The SMILES string of the molecule is COc1ccc(C(=O)N2CCN(Cc3cccc(C(F)(F)F)c3)CC2)cc1COc1ccc(Cl)cc1. The Morgan fingerprint density at radius 3 is 2.36 bits per heavy atom. The van der Waals surface area contributed by atoms with Gasteiger partial charge in [0.1, 0.15) is 18.1 Å². The summed E-state index contributed by atoms with van der Waals surface area (Å²) in [7, 11) is 1.56. The van der Waals surface area contributed by atoms with Crippen molar-refractivity contribution in [1.82, 2.24) is 9.80 Å². The molecule has 36 heavy (non-hydrogen) atoms. The van der Waals surface area contributed by atoms with E-state index in [2.05, 4.69) is 4.90 Å². The maximum atomic E-state index is 13.2. The Bertz CT molecular complexity index is 1190. The van der Waals surface area contributed by atoms with Gasteiger partial charge >= 0.3 is 6.18 Å². The van der Waals surface area contributed by atoms with E-state index in [0.29, 0.717) is 60.4 Å². The summed E-state index contributed by atoms with van der Waals surface area (Å²) in [4.78, 5) is 17.0. The van der Waals surface area contributed by atoms with Crippen LogP contribution < -0.4 is 9.47 Å². The third-order valence-electron chi connectivity index (χ3n) is 6.06. The molecular weight excluding hydrogens is 493 g/mol.